The second-order valence-electron chi connectivity index (χ2n) is 6.00. The molecule has 1 aromatic heterocycles. The monoisotopic (exact) mass is 360 g/mol. The first-order chi connectivity index (χ1) is 11.8. The van der Waals surface area contributed by atoms with Crippen LogP contribution in [0, 0.1) is 0 Å². The Kier molecular flexibility index (Phi) is 4.48. The molecule has 3 amide bonds. The van der Waals surface area contributed by atoms with Crippen LogP contribution in [0.15, 0.2) is 4.42 Å². The van der Waals surface area contributed by atoms with Crippen LogP contribution in [-0.2, 0) is 20.6 Å². The van der Waals surface area contributed by atoms with E-state index in [1.807, 2.05) is 0 Å². The molecule has 1 aromatic rings. The molecule has 0 bridgehead atoms. The summed E-state index contributed by atoms with van der Waals surface area (Å²) in [5.74, 6) is -3.30. The fourth-order valence-corrected chi connectivity index (χ4v) is 2.95. The van der Waals surface area contributed by atoms with Crippen LogP contribution < -0.4 is 0 Å². The lowest BCUT2D eigenvalue weighted by molar-refractivity contribution is -0.157. The summed E-state index contributed by atoms with van der Waals surface area (Å²) < 4.78 is 42.3. The van der Waals surface area contributed by atoms with Gasteiger partial charge in [0.15, 0.2) is 0 Å². The van der Waals surface area contributed by atoms with Gasteiger partial charge in [0, 0.05) is 25.9 Å². The molecule has 0 aromatic carbocycles. The highest BCUT2D eigenvalue weighted by Gasteiger charge is 2.40. The standard InChI is InChI=1S/C14H15F3N4O4/c15-14(16,17)13-19-18-12(25-13)8-2-1-5-20(6-8)11(24)7-21-9(22)3-4-10(21)23/h8H,1-7H2/t8-/m1/s1. The van der Waals surface area contributed by atoms with E-state index in [-0.39, 0.29) is 31.8 Å². The minimum absolute atomic E-state index is 0.0942. The minimum atomic E-state index is -4.72. The number of rotatable bonds is 3. The van der Waals surface area contributed by atoms with E-state index in [0.29, 0.717) is 19.4 Å². The van der Waals surface area contributed by atoms with Crippen molar-refractivity contribution in [2.75, 3.05) is 19.6 Å². The highest BCUT2D eigenvalue weighted by molar-refractivity contribution is 6.04. The summed E-state index contributed by atoms with van der Waals surface area (Å²) in [6.45, 7) is 0.155. The molecule has 3 heterocycles. The average Bonchev–Trinajstić information content (AvgIpc) is 3.17. The number of halogens is 3. The Morgan fingerprint density at radius 3 is 2.48 bits per heavy atom. The molecule has 25 heavy (non-hydrogen) atoms. The summed E-state index contributed by atoms with van der Waals surface area (Å²) >= 11 is 0. The highest BCUT2D eigenvalue weighted by Crippen LogP contribution is 2.32. The second-order valence-corrected chi connectivity index (χ2v) is 6.00. The number of hydrogen-bond donors (Lipinski definition) is 0. The van der Waals surface area contributed by atoms with Crippen molar-refractivity contribution >= 4 is 17.7 Å². The molecular formula is C14H15F3N4O4. The first-order valence-corrected chi connectivity index (χ1v) is 7.77. The van der Waals surface area contributed by atoms with Gasteiger partial charge in [-0.05, 0) is 12.8 Å². The normalized spacial score (nSPS) is 22.0. The van der Waals surface area contributed by atoms with Gasteiger partial charge in [0.25, 0.3) is 0 Å². The Bertz CT molecular complexity index is 686. The number of carbonyl (C=O) groups is 3. The lowest BCUT2D eigenvalue weighted by Crippen LogP contribution is -2.46. The summed E-state index contributed by atoms with van der Waals surface area (Å²) in [6.07, 6.45) is -3.48. The van der Waals surface area contributed by atoms with Gasteiger partial charge in [-0.25, -0.2) is 0 Å². The van der Waals surface area contributed by atoms with Crippen molar-refractivity contribution in [2.45, 2.75) is 37.8 Å². The first-order valence-electron chi connectivity index (χ1n) is 7.77. The van der Waals surface area contributed by atoms with Crippen molar-refractivity contribution in [3.05, 3.63) is 11.8 Å². The SMILES string of the molecule is O=C(CN1C(=O)CCC1=O)N1CCC[C@@H](c2nnc(C(F)(F)F)o2)C1. The van der Waals surface area contributed by atoms with Gasteiger partial charge in [-0.2, -0.15) is 13.2 Å². The van der Waals surface area contributed by atoms with E-state index in [1.54, 1.807) is 0 Å². The quantitative estimate of drug-likeness (QED) is 0.745. The number of hydrogen-bond acceptors (Lipinski definition) is 6. The number of imide groups is 1. The van der Waals surface area contributed by atoms with Crippen LogP contribution in [0.25, 0.3) is 0 Å². The number of alkyl halides is 3. The molecule has 8 nitrogen and oxygen atoms in total. The van der Waals surface area contributed by atoms with Crippen LogP contribution in [0.3, 0.4) is 0 Å². The molecule has 0 radical (unpaired) electrons. The number of amides is 3. The molecule has 3 rings (SSSR count). The Hall–Kier alpha value is -2.46. The van der Waals surface area contributed by atoms with E-state index in [9.17, 15) is 27.6 Å². The lowest BCUT2D eigenvalue weighted by atomic mass is 9.98. The molecule has 1 atom stereocenters. The molecule has 0 unspecified atom stereocenters. The number of nitrogens with zero attached hydrogens (tertiary/aromatic N) is 4. The molecule has 0 aliphatic carbocycles. The zero-order chi connectivity index (χ0) is 18.2. The third kappa shape index (κ3) is 3.64. The molecule has 136 valence electrons. The second kappa shape index (κ2) is 6.45. The van der Waals surface area contributed by atoms with Gasteiger partial charge >= 0.3 is 12.1 Å². The number of carbonyl (C=O) groups excluding carboxylic acids is 3. The predicted octanol–water partition coefficient (Wildman–Crippen LogP) is 0.943. The van der Waals surface area contributed by atoms with Crippen molar-refractivity contribution in [1.82, 2.24) is 20.0 Å². The van der Waals surface area contributed by atoms with Gasteiger partial charge in [-0.15, -0.1) is 10.2 Å². The molecule has 0 N–H and O–H groups in total. The topological polar surface area (TPSA) is 96.6 Å². The third-order valence-electron chi connectivity index (χ3n) is 4.25. The molecule has 0 spiro atoms. The van der Waals surface area contributed by atoms with Crippen molar-refractivity contribution in [1.29, 1.82) is 0 Å². The maximum absolute atomic E-state index is 12.5. The summed E-state index contributed by atoms with van der Waals surface area (Å²) in [5, 5.41) is 6.43. The largest absolute Gasteiger partial charge is 0.470 e. The Balaban J connectivity index is 1.64. The van der Waals surface area contributed by atoms with Gasteiger partial charge < -0.3 is 9.32 Å². The number of piperidine rings is 1. The van der Waals surface area contributed by atoms with Gasteiger partial charge in [-0.3, -0.25) is 19.3 Å². The van der Waals surface area contributed by atoms with E-state index in [4.69, 9.17) is 0 Å². The van der Waals surface area contributed by atoms with Crippen LogP contribution in [0.1, 0.15) is 43.4 Å². The van der Waals surface area contributed by atoms with E-state index in [0.717, 1.165) is 4.90 Å². The fourth-order valence-electron chi connectivity index (χ4n) is 2.95. The lowest BCUT2D eigenvalue weighted by Gasteiger charge is -2.32. The van der Waals surface area contributed by atoms with Crippen molar-refractivity contribution in [3.8, 4) is 0 Å². The van der Waals surface area contributed by atoms with Crippen molar-refractivity contribution in [3.63, 3.8) is 0 Å². The van der Waals surface area contributed by atoms with E-state index < -0.39 is 35.7 Å². The predicted molar refractivity (Wildman–Crippen MR) is 73.8 cm³/mol. The van der Waals surface area contributed by atoms with Crippen molar-refractivity contribution in [2.24, 2.45) is 0 Å². The van der Waals surface area contributed by atoms with Crippen molar-refractivity contribution < 1.29 is 32.0 Å². The Morgan fingerprint density at radius 2 is 1.88 bits per heavy atom. The van der Waals surface area contributed by atoms with Crippen LogP contribution in [0.4, 0.5) is 13.2 Å². The summed E-state index contributed by atoms with van der Waals surface area (Å²) in [6, 6.07) is 0. The minimum Gasteiger partial charge on any atom is -0.417 e. The molecule has 11 heteroatoms. The highest BCUT2D eigenvalue weighted by atomic mass is 19.4. The zero-order valence-corrected chi connectivity index (χ0v) is 13.1. The van der Waals surface area contributed by atoms with E-state index >= 15 is 0 Å². The Morgan fingerprint density at radius 1 is 1.20 bits per heavy atom. The summed E-state index contributed by atoms with van der Waals surface area (Å²) in [7, 11) is 0. The molecule has 0 saturated carbocycles. The van der Waals surface area contributed by atoms with Crippen LogP contribution in [0.5, 0.6) is 0 Å². The first kappa shape index (κ1) is 17.4. The number of likely N-dealkylation sites (tertiary alicyclic amines) is 2. The molecule has 2 aliphatic rings. The average molecular weight is 360 g/mol. The van der Waals surface area contributed by atoms with Gasteiger partial charge in [0.1, 0.15) is 6.54 Å². The summed E-state index contributed by atoms with van der Waals surface area (Å²) in [5.41, 5.74) is 0. The fraction of sp³-hybridized carbons (Fsp3) is 0.643. The maximum atomic E-state index is 12.5. The molecule has 2 fully saturated rings. The van der Waals surface area contributed by atoms with Crippen LogP contribution in [-0.4, -0.2) is 57.4 Å². The van der Waals surface area contributed by atoms with Gasteiger partial charge in [0.2, 0.25) is 23.6 Å². The van der Waals surface area contributed by atoms with Gasteiger partial charge in [-0.1, -0.05) is 0 Å². The molecular weight excluding hydrogens is 345 g/mol. The van der Waals surface area contributed by atoms with E-state index in [1.165, 1.54) is 4.90 Å². The smallest absolute Gasteiger partial charge is 0.417 e. The third-order valence-corrected chi connectivity index (χ3v) is 4.25. The number of aromatic nitrogens is 2. The van der Waals surface area contributed by atoms with Crippen LogP contribution >= 0.6 is 0 Å². The maximum Gasteiger partial charge on any atom is 0.470 e. The Labute approximate surface area is 140 Å². The molecule has 2 saturated heterocycles. The summed E-state index contributed by atoms with van der Waals surface area (Å²) in [4.78, 5) is 37.8. The van der Waals surface area contributed by atoms with Crippen LogP contribution in [0.2, 0.25) is 0 Å². The zero-order valence-electron chi connectivity index (χ0n) is 13.1. The van der Waals surface area contributed by atoms with Gasteiger partial charge in [0.05, 0.1) is 5.92 Å². The molecule has 2 aliphatic heterocycles. The van der Waals surface area contributed by atoms with E-state index in [2.05, 4.69) is 14.6 Å².